The lowest BCUT2D eigenvalue weighted by atomic mass is 10.00. The van der Waals surface area contributed by atoms with Crippen LogP contribution in [0.25, 0.3) is 0 Å². The number of hydrogen-bond acceptors (Lipinski definition) is 18. The number of carbonyl (C=O) groups is 16. The van der Waals surface area contributed by atoms with Gasteiger partial charge in [-0.2, -0.15) is 0 Å². The minimum absolute atomic E-state index is 0.00145. The van der Waals surface area contributed by atoms with Crippen LogP contribution in [-0.4, -0.2) is 193 Å². The van der Waals surface area contributed by atoms with Gasteiger partial charge in [0, 0.05) is 12.8 Å². The second kappa shape index (κ2) is 38.5. The molecule has 0 radical (unpaired) electrons. The van der Waals surface area contributed by atoms with Gasteiger partial charge in [-0.1, -0.05) is 55.4 Å². The molecule has 12 atom stereocenters. The molecule has 0 fully saturated rings. The number of nitrogens with two attached hydrogens (primary N) is 3. The Morgan fingerprint density at radius 3 is 0.977 bits per heavy atom. The van der Waals surface area contributed by atoms with Crippen LogP contribution in [0.4, 0.5) is 0 Å². The van der Waals surface area contributed by atoms with Crippen molar-refractivity contribution in [2.45, 2.75) is 212 Å². The van der Waals surface area contributed by atoms with E-state index >= 15 is 0 Å². The molecule has 492 valence electrons. The third kappa shape index (κ3) is 32.0. The number of aliphatic hydroxyl groups excluding tert-OH is 1. The molecule has 0 aromatic carbocycles. The van der Waals surface area contributed by atoms with E-state index in [1.807, 2.05) is 19.2 Å². The molecule has 0 saturated carbocycles. The van der Waals surface area contributed by atoms with E-state index in [4.69, 9.17) is 17.2 Å². The molecule has 0 aliphatic heterocycles. The normalized spacial score (nSPS) is 15.4. The van der Waals surface area contributed by atoms with Gasteiger partial charge in [-0.05, 0) is 76.0 Å². The lowest BCUT2D eigenvalue weighted by Gasteiger charge is -2.28. The Morgan fingerprint density at radius 1 is 0.333 bits per heavy atom. The Labute approximate surface area is 502 Å². The highest BCUT2D eigenvalue weighted by molar-refractivity contribution is 6.01. The van der Waals surface area contributed by atoms with Crippen molar-refractivity contribution < 1.29 is 102 Å². The fourth-order valence-corrected chi connectivity index (χ4v) is 8.23. The first kappa shape index (κ1) is 78.4. The second-order valence-electron chi connectivity index (χ2n) is 22.7. The van der Waals surface area contributed by atoms with Crippen molar-refractivity contribution in [3.63, 3.8) is 0 Å². The zero-order chi connectivity index (χ0) is 67.3. The highest BCUT2D eigenvalue weighted by Gasteiger charge is 2.38. The van der Waals surface area contributed by atoms with Gasteiger partial charge in [0.1, 0.15) is 60.4 Å². The van der Waals surface area contributed by atoms with E-state index in [1.54, 1.807) is 41.5 Å². The van der Waals surface area contributed by atoms with E-state index in [9.17, 15) is 102 Å². The molecule has 34 heteroatoms. The predicted octanol–water partition coefficient (Wildman–Crippen LogP) is -5.21. The van der Waals surface area contributed by atoms with Crippen LogP contribution in [0.15, 0.2) is 0 Å². The number of aliphatic carboxylic acids is 4. The van der Waals surface area contributed by atoms with Gasteiger partial charge in [-0.25, -0.2) is 4.79 Å². The number of rotatable bonds is 42. The molecule has 0 aliphatic rings. The minimum Gasteiger partial charge on any atom is -0.481 e. The summed E-state index contributed by atoms with van der Waals surface area (Å²) in [6, 6.07) is -18.7. The number of amides is 12. The lowest BCUT2D eigenvalue weighted by Crippen LogP contribution is -2.62. The molecule has 0 bridgehead atoms. The minimum atomic E-state index is -2.08. The van der Waals surface area contributed by atoms with Gasteiger partial charge in [-0.15, -0.1) is 0 Å². The number of carboxylic acid groups (broad SMARTS) is 4. The first-order valence-electron chi connectivity index (χ1n) is 28.1. The smallest absolute Gasteiger partial charge is 0.326 e. The van der Waals surface area contributed by atoms with Gasteiger partial charge >= 0.3 is 23.9 Å². The van der Waals surface area contributed by atoms with Crippen LogP contribution < -0.4 is 70.4 Å². The van der Waals surface area contributed by atoms with E-state index in [2.05, 4.69) is 47.9 Å². The first-order chi connectivity index (χ1) is 40.1. The molecule has 12 amide bonds. The maximum Gasteiger partial charge on any atom is 0.326 e. The highest BCUT2D eigenvalue weighted by Crippen LogP contribution is 2.13. The van der Waals surface area contributed by atoms with E-state index in [-0.39, 0.29) is 49.4 Å². The van der Waals surface area contributed by atoms with Gasteiger partial charge in [0.15, 0.2) is 0 Å². The number of carbonyl (C=O) groups excluding carboxylic acids is 12. The zero-order valence-electron chi connectivity index (χ0n) is 50.5. The number of primary amides is 2. The Kier molecular flexibility index (Phi) is 34.7. The Morgan fingerprint density at radius 2 is 0.632 bits per heavy atom. The highest BCUT2D eigenvalue weighted by atomic mass is 16.4. The van der Waals surface area contributed by atoms with Gasteiger partial charge < -0.3 is 95.9 Å². The van der Waals surface area contributed by atoms with Gasteiger partial charge in [0.25, 0.3) is 0 Å². The summed E-state index contributed by atoms with van der Waals surface area (Å²) in [5.74, 6) is -21.0. The molecule has 0 unspecified atom stereocenters. The molecular formula is C53H89N13O21. The van der Waals surface area contributed by atoms with Crippen molar-refractivity contribution >= 4 is 94.8 Å². The van der Waals surface area contributed by atoms with Crippen molar-refractivity contribution in [2.24, 2.45) is 40.9 Å². The molecular weight excluding hydrogens is 1150 g/mol. The molecule has 0 aliphatic carbocycles. The zero-order valence-corrected chi connectivity index (χ0v) is 50.5. The van der Waals surface area contributed by atoms with Crippen LogP contribution in [0.5, 0.6) is 0 Å². The summed E-state index contributed by atoms with van der Waals surface area (Å²) in [6.45, 7) is 15.8. The number of carboxylic acids is 4. The van der Waals surface area contributed by atoms with Crippen molar-refractivity contribution in [3.8, 4) is 0 Å². The molecule has 0 spiro atoms. The molecule has 87 heavy (non-hydrogen) atoms. The maximum absolute atomic E-state index is 13.8. The summed E-state index contributed by atoms with van der Waals surface area (Å²) >= 11 is 0. The van der Waals surface area contributed by atoms with Gasteiger partial charge in [0.2, 0.25) is 70.9 Å². The third-order valence-electron chi connectivity index (χ3n) is 12.5. The van der Waals surface area contributed by atoms with Crippen LogP contribution in [0.1, 0.15) is 140 Å². The monoisotopic (exact) mass is 1240 g/mol. The summed E-state index contributed by atoms with van der Waals surface area (Å²) < 4.78 is 0. The molecule has 0 aromatic heterocycles. The lowest BCUT2D eigenvalue weighted by molar-refractivity contribution is -0.143. The topological polar surface area (TPSA) is 573 Å². The van der Waals surface area contributed by atoms with E-state index in [1.165, 1.54) is 0 Å². The second-order valence-corrected chi connectivity index (χ2v) is 22.7. The van der Waals surface area contributed by atoms with Crippen molar-refractivity contribution in [1.29, 1.82) is 0 Å². The van der Waals surface area contributed by atoms with Gasteiger partial charge in [0.05, 0.1) is 31.4 Å². The largest absolute Gasteiger partial charge is 0.481 e. The number of aliphatic hydroxyl groups is 1. The maximum atomic E-state index is 13.8. The van der Waals surface area contributed by atoms with Crippen LogP contribution in [0.3, 0.4) is 0 Å². The first-order valence-corrected chi connectivity index (χ1v) is 28.1. The Bertz CT molecular complexity index is 2470. The molecule has 34 nitrogen and oxygen atoms in total. The average Bonchev–Trinajstić information content (AvgIpc) is 2.21. The van der Waals surface area contributed by atoms with Crippen molar-refractivity contribution in [3.05, 3.63) is 0 Å². The number of nitrogens with one attached hydrogen (secondary N) is 10. The van der Waals surface area contributed by atoms with E-state index in [0.29, 0.717) is 0 Å². The van der Waals surface area contributed by atoms with E-state index < -0.39 is 212 Å². The van der Waals surface area contributed by atoms with Crippen molar-refractivity contribution in [2.75, 3.05) is 0 Å². The predicted molar refractivity (Wildman–Crippen MR) is 304 cm³/mol. The van der Waals surface area contributed by atoms with Crippen LogP contribution in [-0.2, 0) is 76.7 Å². The fourth-order valence-electron chi connectivity index (χ4n) is 8.23. The Hall–Kier alpha value is -8.56. The number of hydrogen-bond donors (Lipinski definition) is 18. The molecule has 21 N–H and O–H groups in total. The van der Waals surface area contributed by atoms with Crippen LogP contribution in [0, 0.1) is 23.7 Å². The quantitative estimate of drug-likeness (QED) is 0.0272. The summed E-state index contributed by atoms with van der Waals surface area (Å²) in [5.41, 5.74) is 16.7. The third-order valence-corrected chi connectivity index (χ3v) is 12.5. The SMILES string of the molecule is CC(C)C[C@@H](N)C(=O)N[C@H](CC(C)C)C(=O)N[C@H](CCC(=O)O)C(=O)N[C@H](CCC(=O)O)C(=O)N[C@@H](C(=O)N[C@H](C)C(=O)N[C@H](CC(N)=O)C(=O)N[C@H](CC(N)=O)C(=O)N[C@H](CC(=O)O)C(=O)N[C@H](CC(C)C)C(=O)N[C@H](CC(C)C)C(=O)O)[C@@H](C)O. The van der Waals surface area contributed by atoms with Gasteiger partial charge in [-0.3, -0.25) is 71.9 Å². The van der Waals surface area contributed by atoms with Crippen molar-refractivity contribution in [1.82, 2.24) is 53.2 Å². The van der Waals surface area contributed by atoms with Crippen LogP contribution >= 0.6 is 0 Å². The molecule has 0 heterocycles. The standard InChI is InChI=1S/C53H89N13O21/c1-22(2)15-28(54)44(77)61-31(16-23(3)4)47(80)59-29(11-13-39(70)71)45(78)58-30(12-14-40(72)73)46(79)66-42(27(10)67)52(85)57-26(9)43(76)60-33(19-37(55)68)49(82)63-34(20-38(56)69)50(83)64-35(21-41(74)75)51(84)62-32(17-24(5)6)48(81)65-36(53(86)87)18-25(7)8/h22-36,42,67H,11-21,54H2,1-10H3,(H2,55,68)(H2,56,69)(H,57,85)(H,58,78)(H,59,80)(H,60,76)(H,61,77)(H,62,84)(H,63,82)(H,64,83)(H,65,81)(H,66,79)(H,70,71)(H,72,73)(H,74,75)(H,86,87)/t26-,27-,28-,29-,30-,31-,32-,33-,34-,35-,36-,42-/m1/s1. The molecule has 0 saturated heterocycles. The summed E-state index contributed by atoms with van der Waals surface area (Å²) in [7, 11) is 0. The summed E-state index contributed by atoms with van der Waals surface area (Å²) in [4.78, 5) is 207. The average molecular weight is 1240 g/mol. The molecule has 0 aromatic rings. The fraction of sp³-hybridized carbons (Fsp3) is 0.698. The summed E-state index contributed by atoms with van der Waals surface area (Å²) in [6.07, 6.45) is -7.70. The summed E-state index contributed by atoms with van der Waals surface area (Å²) in [5, 5.41) is 71.2. The van der Waals surface area contributed by atoms with E-state index in [0.717, 1.165) is 13.8 Å². The van der Waals surface area contributed by atoms with Crippen LogP contribution in [0.2, 0.25) is 0 Å². The molecule has 0 rings (SSSR count). The Balaban J connectivity index is 6.67.